The third-order valence-electron chi connectivity index (χ3n) is 2.65. The molecule has 2 aliphatic rings. The summed E-state index contributed by atoms with van der Waals surface area (Å²) < 4.78 is 16.8. The molecule has 2 fully saturated rings. The lowest BCUT2D eigenvalue weighted by Crippen LogP contribution is -2.32. The Bertz CT molecular complexity index is 166. The van der Waals surface area contributed by atoms with E-state index in [1.54, 1.807) is 0 Å². The maximum atomic E-state index is 5.79. The third kappa shape index (κ3) is 2.02. The Morgan fingerprint density at radius 2 is 2.23 bits per heavy atom. The van der Waals surface area contributed by atoms with E-state index in [1.807, 2.05) is 0 Å². The lowest BCUT2D eigenvalue weighted by molar-refractivity contribution is -0.175. The molecule has 0 aromatic rings. The van der Waals surface area contributed by atoms with Crippen molar-refractivity contribution in [1.82, 2.24) is 0 Å². The summed E-state index contributed by atoms with van der Waals surface area (Å²) in [7, 11) is 0. The van der Waals surface area contributed by atoms with Crippen LogP contribution in [0.25, 0.3) is 0 Å². The molecule has 0 aliphatic carbocycles. The van der Waals surface area contributed by atoms with E-state index in [0.29, 0.717) is 13.2 Å². The van der Waals surface area contributed by atoms with Crippen LogP contribution in [0.2, 0.25) is 0 Å². The maximum absolute atomic E-state index is 5.79. The van der Waals surface area contributed by atoms with Gasteiger partial charge in [0.15, 0.2) is 5.79 Å². The summed E-state index contributed by atoms with van der Waals surface area (Å²) in [6.07, 6.45) is 2.86. The van der Waals surface area contributed by atoms with Crippen molar-refractivity contribution in [3.8, 4) is 0 Å². The Hall–Kier alpha value is -0.160. The van der Waals surface area contributed by atoms with Gasteiger partial charge in [-0.2, -0.15) is 0 Å². The molecular weight excluding hydrogens is 170 g/mol. The van der Waals surface area contributed by atoms with E-state index in [2.05, 4.69) is 0 Å². The highest BCUT2D eigenvalue weighted by molar-refractivity contribution is 4.80. The van der Waals surface area contributed by atoms with E-state index in [0.717, 1.165) is 32.5 Å². The number of hydrogen-bond acceptors (Lipinski definition) is 4. The zero-order valence-corrected chi connectivity index (χ0v) is 7.83. The van der Waals surface area contributed by atoms with Crippen molar-refractivity contribution in [2.45, 2.75) is 31.2 Å². The van der Waals surface area contributed by atoms with E-state index in [-0.39, 0.29) is 11.9 Å². The molecule has 0 amide bonds. The molecule has 0 aromatic heterocycles. The minimum Gasteiger partial charge on any atom is -0.381 e. The van der Waals surface area contributed by atoms with Gasteiger partial charge < -0.3 is 19.9 Å². The largest absolute Gasteiger partial charge is 0.381 e. The lowest BCUT2D eigenvalue weighted by Gasteiger charge is -2.25. The highest BCUT2D eigenvalue weighted by Crippen LogP contribution is 2.33. The second kappa shape index (κ2) is 3.92. The van der Waals surface area contributed by atoms with Crippen LogP contribution in [0, 0.1) is 0 Å². The van der Waals surface area contributed by atoms with E-state index in [1.165, 1.54) is 0 Å². The van der Waals surface area contributed by atoms with Gasteiger partial charge in [-0.15, -0.1) is 0 Å². The third-order valence-corrected chi connectivity index (χ3v) is 2.65. The number of hydrogen-bond donors (Lipinski definition) is 1. The predicted octanol–water partition coefficient (Wildman–Crippen LogP) is 0.257. The summed E-state index contributed by atoms with van der Waals surface area (Å²) in [5, 5.41) is 0. The molecule has 2 N–H and O–H groups in total. The Kier molecular flexibility index (Phi) is 2.83. The van der Waals surface area contributed by atoms with Gasteiger partial charge in [0.25, 0.3) is 0 Å². The van der Waals surface area contributed by atoms with E-state index < -0.39 is 0 Å². The molecule has 13 heavy (non-hydrogen) atoms. The number of rotatable bonds is 1. The predicted molar refractivity (Wildman–Crippen MR) is 47.3 cm³/mol. The van der Waals surface area contributed by atoms with Crippen molar-refractivity contribution in [3.63, 3.8) is 0 Å². The normalized spacial score (nSPS) is 40.8. The standard InChI is InChI=1S/C9H17NO3/c10-6-8-7-12-9(13-8)2-1-4-11-5-3-9/h8H,1-7,10H2. The SMILES string of the molecule is NCC1COC2(CCCOCC2)O1. The van der Waals surface area contributed by atoms with Gasteiger partial charge >= 0.3 is 0 Å². The molecule has 0 saturated carbocycles. The summed E-state index contributed by atoms with van der Waals surface area (Å²) >= 11 is 0. The molecule has 2 unspecified atom stereocenters. The zero-order valence-electron chi connectivity index (χ0n) is 7.83. The smallest absolute Gasteiger partial charge is 0.171 e. The van der Waals surface area contributed by atoms with Crippen LogP contribution < -0.4 is 5.73 Å². The first kappa shape index (κ1) is 9.40. The molecule has 1 spiro atoms. The van der Waals surface area contributed by atoms with Gasteiger partial charge in [0.2, 0.25) is 0 Å². The van der Waals surface area contributed by atoms with Gasteiger partial charge in [0.05, 0.1) is 19.3 Å². The summed E-state index contributed by atoms with van der Waals surface area (Å²) in [6.45, 7) is 2.73. The topological polar surface area (TPSA) is 53.7 Å². The summed E-state index contributed by atoms with van der Waals surface area (Å²) in [6, 6.07) is 0. The van der Waals surface area contributed by atoms with Gasteiger partial charge in [-0.25, -0.2) is 0 Å². The van der Waals surface area contributed by atoms with E-state index in [4.69, 9.17) is 19.9 Å². The second-order valence-electron chi connectivity index (χ2n) is 3.66. The lowest BCUT2D eigenvalue weighted by atomic mass is 10.1. The quantitative estimate of drug-likeness (QED) is 0.639. The fraction of sp³-hybridized carbons (Fsp3) is 1.00. The molecule has 4 nitrogen and oxygen atoms in total. The Balaban J connectivity index is 1.95. The Morgan fingerprint density at radius 3 is 3.00 bits per heavy atom. The molecule has 0 bridgehead atoms. The second-order valence-corrected chi connectivity index (χ2v) is 3.66. The summed E-state index contributed by atoms with van der Waals surface area (Å²) in [4.78, 5) is 0. The first-order valence-corrected chi connectivity index (χ1v) is 4.94. The van der Waals surface area contributed by atoms with Gasteiger partial charge in [-0.3, -0.25) is 0 Å². The molecule has 0 radical (unpaired) electrons. The molecule has 2 saturated heterocycles. The summed E-state index contributed by atoms with van der Waals surface area (Å²) in [5.74, 6) is -0.374. The molecule has 2 atom stereocenters. The average Bonchev–Trinajstić information content (AvgIpc) is 2.40. The van der Waals surface area contributed by atoms with Crippen LogP contribution in [-0.2, 0) is 14.2 Å². The van der Waals surface area contributed by atoms with Crippen molar-refractivity contribution < 1.29 is 14.2 Å². The molecular formula is C9H17NO3. The average molecular weight is 187 g/mol. The van der Waals surface area contributed by atoms with Gasteiger partial charge in [0.1, 0.15) is 0 Å². The van der Waals surface area contributed by atoms with Crippen LogP contribution in [0.4, 0.5) is 0 Å². The Morgan fingerprint density at radius 1 is 1.31 bits per heavy atom. The molecule has 2 aliphatic heterocycles. The van der Waals surface area contributed by atoms with Crippen LogP contribution >= 0.6 is 0 Å². The fourth-order valence-electron chi connectivity index (χ4n) is 1.89. The molecule has 76 valence electrons. The molecule has 2 heterocycles. The summed E-state index contributed by atoms with van der Waals surface area (Å²) in [5.41, 5.74) is 5.53. The Labute approximate surface area is 78.3 Å². The van der Waals surface area contributed by atoms with Crippen molar-refractivity contribution in [3.05, 3.63) is 0 Å². The van der Waals surface area contributed by atoms with Crippen LogP contribution in [0.1, 0.15) is 19.3 Å². The first-order chi connectivity index (χ1) is 6.35. The number of nitrogens with two attached hydrogens (primary N) is 1. The monoisotopic (exact) mass is 187 g/mol. The van der Waals surface area contributed by atoms with Crippen molar-refractivity contribution in [2.24, 2.45) is 5.73 Å². The maximum Gasteiger partial charge on any atom is 0.171 e. The van der Waals surface area contributed by atoms with Crippen molar-refractivity contribution in [2.75, 3.05) is 26.4 Å². The van der Waals surface area contributed by atoms with Crippen molar-refractivity contribution in [1.29, 1.82) is 0 Å². The minimum atomic E-state index is -0.374. The zero-order chi connectivity index (χ0) is 9.15. The first-order valence-electron chi connectivity index (χ1n) is 4.94. The van der Waals surface area contributed by atoms with Gasteiger partial charge in [-0.05, 0) is 6.42 Å². The van der Waals surface area contributed by atoms with Crippen LogP contribution in [-0.4, -0.2) is 38.3 Å². The number of ether oxygens (including phenoxy) is 3. The van der Waals surface area contributed by atoms with Crippen LogP contribution in [0.5, 0.6) is 0 Å². The highest BCUT2D eigenvalue weighted by atomic mass is 16.7. The molecule has 2 rings (SSSR count). The van der Waals surface area contributed by atoms with Gasteiger partial charge in [-0.1, -0.05) is 0 Å². The molecule has 4 heteroatoms. The highest BCUT2D eigenvalue weighted by Gasteiger charge is 2.41. The molecule has 0 aromatic carbocycles. The van der Waals surface area contributed by atoms with E-state index >= 15 is 0 Å². The van der Waals surface area contributed by atoms with Crippen LogP contribution in [0.15, 0.2) is 0 Å². The minimum absolute atomic E-state index is 0.0816. The van der Waals surface area contributed by atoms with Crippen molar-refractivity contribution >= 4 is 0 Å². The van der Waals surface area contributed by atoms with Crippen LogP contribution in [0.3, 0.4) is 0 Å². The fourth-order valence-corrected chi connectivity index (χ4v) is 1.89. The van der Waals surface area contributed by atoms with E-state index in [9.17, 15) is 0 Å². The van der Waals surface area contributed by atoms with Gasteiger partial charge in [0, 0.05) is 26.0 Å².